The highest BCUT2D eigenvalue weighted by atomic mass is 32.1. The fourth-order valence-electron chi connectivity index (χ4n) is 8.91. The lowest BCUT2D eigenvalue weighted by atomic mass is 9.67. The van der Waals surface area contributed by atoms with Crippen LogP contribution in [0.3, 0.4) is 0 Å². The molecular weight excluding hydrogens is 635 g/mol. The molecule has 0 spiro atoms. The summed E-state index contributed by atoms with van der Waals surface area (Å²) in [4.78, 5) is 0. The molecule has 0 N–H and O–H groups in total. The Morgan fingerprint density at radius 2 is 0.902 bits per heavy atom. The molecule has 0 amide bonds. The lowest BCUT2D eigenvalue weighted by Crippen LogP contribution is -2.28. The van der Waals surface area contributed by atoms with E-state index in [4.69, 9.17) is 0 Å². The second kappa shape index (κ2) is 10.9. The normalized spacial score (nSPS) is 13.3. The quantitative estimate of drug-likeness (QED) is 0.176. The lowest BCUT2D eigenvalue weighted by molar-refractivity contribution is 0.769. The van der Waals surface area contributed by atoms with Crippen LogP contribution < -0.4 is 0 Å². The molecule has 0 unspecified atom stereocenters. The van der Waals surface area contributed by atoms with Gasteiger partial charge in [0.05, 0.1) is 16.4 Å². The Bertz CT molecular complexity index is 2870. The molecular formula is C49H31NS. The summed E-state index contributed by atoms with van der Waals surface area (Å²) in [6, 6.07) is 69.7. The molecule has 1 nitrogen and oxygen atoms in total. The monoisotopic (exact) mass is 665 g/mol. The Labute approximate surface area is 300 Å². The van der Waals surface area contributed by atoms with Crippen molar-refractivity contribution in [1.29, 1.82) is 0 Å². The molecule has 0 saturated carbocycles. The SMILES string of the molecule is c1ccc(C2(c3ccccc3)c3ccccc3-c3ccc(-c4ccc5c(c4)sc4cc(-n6c7ccccc7c7ccccc76)ccc45)cc32)cc1. The van der Waals surface area contributed by atoms with Crippen LogP contribution in [0.25, 0.3) is 69.9 Å². The smallest absolute Gasteiger partial charge is 0.0713 e. The summed E-state index contributed by atoms with van der Waals surface area (Å²) in [5.74, 6) is 0. The lowest BCUT2D eigenvalue weighted by Gasteiger charge is -2.34. The van der Waals surface area contributed by atoms with Gasteiger partial charge >= 0.3 is 0 Å². The average molecular weight is 666 g/mol. The molecule has 0 bridgehead atoms. The van der Waals surface area contributed by atoms with E-state index in [0.717, 1.165) is 0 Å². The van der Waals surface area contributed by atoms with Crippen molar-refractivity contribution in [3.63, 3.8) is 0 Å². The number of rotatable bonds is 4. The molecule has 0 atom stereocenters. The number of hydrogen-bond acceptors (Lipinski definition) is 1. The maximum Gasteiger partial charge on any atom is 0.0713 e. The van der Waals surface area contributed by atoms with E-state index in [1.807, 2.05) is 11.3 Å². The molecule has 2 heterocycles. The summed E-state index contributed by atoms with van der Waals surface area (Å²) in [5.41, 5.74) is 13.6. The van der Waals surface area contributed by atoms with Crippen molar-refractivity contribution < 1.29 is 0 Å². The Kier molecular flexibility index (Phi) is 6.11. The summed E-state index contributed by atoms with van der Waals surface area (Å²) in [6.45, 7) is 0. The largest absolute Gasteiger partial charge is 0.309 e. The van der Waals surface area contributed by atoms with Gasteiger partial charge in [0.2, 0.25) is 0 Å². The van der Waals surface area contributed by atoms with Crippen LogP contribution in [-0.2, 0) is 5.41 Å². The molecule has 1 aliphatic rings. The number of fused-ring (bicyclic) bond motifs is 9. The second-order valence-electron chi connectivity index (χ2n) is 13.7. The molecule has 0 aliphatic heterocycles. The number of para-hydroxylation sites is 2. The summed E-state index contributed by atoms with van der Waals surface area (Å²) >= 11 is 1.89. The van der Waals surface area contributed by atoms with E-state index in [1.165, 1.54) is 92.2 Å². The maximum atomic E-state index is 2.46. The molecule has 0 fully saturated rings. The van der Waals surface area contributed by atoms with Crippen molar-refractivity contribution in [2.24, 2.45) is 0 Å². The number of benzene rings is 8. The predicted molar refractivity (Wildman–Crippen MR) is 216 cm³/mol. The highest BCUT2D eigenvalue weighted by Crippen LogP contribution is 2.56. The summed E-state index contributed by atoms with van der Waals surface area (Å²) in [5, 5.41) is 5.19. The number of nitrogens with zero attached hydrogens (tertiary/aromatic N) is 1. The van der Waals surface area contributed by atoms with Gasteiger partial charge in [-0.25, -0.2) is 0 Å². The van der Waals surface area contributed by atoms with Crippen molar-refractivity contribution in [3.05, 3.63) is 210 Å². The van der Waals surface area contributed by atoms with Crippen LogP contribution in [0.2, 0.25) is 0 Å². The van der Waals surface area contributed by atoms with Gasteiger partial charge in [0.1, 0.15) is 0 Å². The van der Waals surface area contributed by atoms with Crippen LogP contribution in [0.4, 0.5) is 0 Å². The van der Waals surface area contributed by atoms with E-state index in [2.05, 4.69) is 193 Å². The first-order chi connectivity index (χ1) is 25.3. The van der Waals surface area contributed by atoms with Gasteiger partial charge in [-0.15, -0.1) is 11.3 Å². The van der Waals surface area contributed by atoms with Gasteiger partial charge in [0, 0.05) is 36.6 Å². The Hall–Kier alpha value is -6.22. The van der Waals surface area contributed by atoms with E-state index < -0.39 is 5.41 Å². The Morgan fingerprint density at radius 1 is 0.373 bits per heavy atom. The van der Waals surface area contributed by atoms with Gasteiger partial charge in [-0.2, -0.15) is 0 Å². The minimum atomic E-state index is -0.407. The van der Waals surface area contributed by atoms with Crippen LogP contribution in [0.5, 0.6) is 0 Å². The summed E-state index contributed by atoms with van der Waals surface area (Å²) in [7, 11) is 0. The van der Waals surface area contributed by atoms with Crippen LogP contribution in [-0.4, -0.2) is 4.57 Å². The molecule has 2 aromatic heterocycles. The highest BCUT2D eigenvalue weighted by Gasteiger charge is 2.46. The van der Waals surface area contributed by atoms with Crippen molar-refractivity contribution >= 4 is 53.3 Å². The molecule has 1 aliphatic carbocycles. The third-order valence-electron chi connectivity index (χ3n) is 11.1. The molecule has 11 rings (SSSR count). The zero-order valence-corrected chi connectivity index (χ0v) is 28.6. The fraction of sp³-hybridized carbons (Fsp3) is 0.0204. The molecule has 10 aromatic rings. The number of hydrogen-bond donors (Lipinski definition) is 0. The molecule has 238 valence electrons. The molecule has 2 heteroatoms. The van der Waals surface area contributed by atoms with Crippen molar-refractivity contribution in [1.82, 2.24) is 4.57 Å². The van der Waals surface area contributed by atoms with E-state index in [0.29, 0.717) is 0 Å². The maximum absolute atomic E-state index is 2.46. The number of thiophene rings is 1. The van der Waals surface area contributed by atoms with Crippen molar-refractivity contribution in [2.45, 2.75) is 5.41 Å². The van der Waals surface area contributed by atoms with Crippen molar-refractivity contribution in [3.8, 4) is 27.9 Å². The minimum Gasteiger partial charge on any atom is -0.309 e. The zero-order chi connectivity index (χ0) is 33.5. The van der Waals surface area contributed by atoms with Gasteiger partial charge < -0.3 is 4.57 Å². The van der Waals surface area contributed by atoms with Crippen LogP contribution in [0, 0.1) is 0 Å². The van der Waals surface area contributed by atoms with Gasteiger partial charge in [-0.05, 0) is 80.9 Å². The standard InChI is InChI=1S/C49H31NS/c1-3-13-34(14-4-1)49(35-15-5-2-6-16-35)43-20-10-7-17-37(43)38-26-23-32(29-44(38)49)33-24-27-41-42-28-25-36(31-48(42)51-47(41)30-33)50-45-21-11-8-18-39(45)40-19-9-12-22-46(40)50/h1-31H. The molecule has 0 radical (unpaired) electrons. The van der Waals surface area contributed by atoms with Gasteiger partial charge in [0.25, 0.3) is 0 Å². The van der Waals surface area contributed by atoms with Crippen LogP contribution >= 0.6 is 11.3 Å². The van der Waals surface area contributed by atoms with Gasteiger partial charge in [-0.1, -0.05) is 152 Å². The van der Waals surface area contributed by atoms with Crippen LogP contribution in [0.1, 0.15) is 22.3 Å². The van der Waals surface area contributed by atoms with E-state index >= 15 is 0 Å². The average Bonchev–Trinajstić information content (AvgIpc) is 3.84. The first-order valence-electron chi connectivity index (χ1n) is 17.6. The second-order valence-corrected chi connectivity index (χ2v) is 14.7. The van der Waals surface area contributed by atoms with Crippen molar-refractivity contribution in [2.75, 3.05) is 0 Å². The molecule has 8 aromatic carbocycles. The Balaban J connectivity index is 1.08. The third-order valence-corrected chi connectivity index (χ3v) is 12.2. The zero-order valence-electron chi connectivity index (χ0n) is 27.8. The van der Waals surface area contributed by atoms with Crippen LogP contribution in [0.15, 0.2) is 188 Å². The minimum absolute atomic E-state index is 0.407. The van der Waals surface area contributed by atoms with E-state index in [9.17, 15) is 0 Å². The van der Waals surface area contributed by atoms with Gasteiger partial charge in [-0.3, -0.25) is 0 Å². The third kappa shape index (κ3) is 4.03. The van der Waals surface area contributed by atoms with Gasteiger partial charge in [0.15, 0.2) is 0 Å². The molecule has 51 heavy (non-hydrogen) atoms. The summed E-state index contributed by atoms with van der Waals surface area (Å²) < 4.78 is 5.02. The number of aromatic nitrogens is 1. The first kappa shape index (κ1) is 28.6. The topological polar surface area (TPSA) is 4.93 Å². The highest BCUT2D eigenvalue weighted by molar-refractivity contribution is 7.25. The molecule has 0 saturated heterocycles. The first-order valence-corrected chi connectivity index (χ1v) is 18.4. The predicted octanol–water partition coefficient (Wildman–Crippen LogP) is 13.2. The summed E-state index contributed by atoms with van der Waals surface area (Å²) in [6.07, 6.45) is 0. The Morgan fingerprint density at radius 3 is 1.61 bits per heavy atom. The van der Waals surface area contributed by atoms with E-state index in [-0.39, 0.29) is 0 Å². The fourth-order valence-corrected chi connectivity index (χ4v) is 10.1. The van der Waals surface area contributed by atoms with E-state index in [1.54, 1.807) is 0 Å².